The van der Waals surface area contributed by atoms with Crippen molar-refractivity contribution in [1.82, 2.24) is 4.72 Å². The Balaban J connectivity index is 2.03. The van der Waals surface area contributed by atoms with Crippen LogP contribution in [0.25, 0.3) is 11.1 Å². The molecule has 0 fully saturated rings. The molecule has 2 aromatic rings. The number of halogens is 3. The number of benzene rings is 2. The molecule has 148 valence electrons. The number of ether oxygens (including phenoxy) is 1. The minimum atomic E-state index is -4.39. The second kappa shape index (κ2) is 8.31. The summed E-state index contributed by atoms with van der Waals surface area (Å²) in [6.07, 6.45) is -4.80. The monoisotopic (exact) mass is 401 g/mol. The zero-order valence-corrected chi connectivity index (χ0v) is 16.1. The van der Waals surface area contributed by atoms with Crippen molar-refractivity contribution in [3.8, 4) is 16.9 Å². The van der Waals surface area contributed by atoms with Gasteiger partial charge in [-0.1, -0.05) is 24.3 Å². The lowest BCUT2D eigenvalue weighted by Gasteiger charge is -2.17. The van der Waals surface area contributed by atoms with Crippen LogP contribution in [-0.4, -0.2) is 26.3 Å². The molecule has 0 heterocycles. The van der Waals surface area contributed by atoms with Crippen molar-refractivity contribution in [3.63, 3.8) is 0 Å². The van der Waals surface area contributed by atoms with Gasteiger partial charge in [-0.3, -0.25) is 0 Å². The summed E-state index contributed by atoms with van der Waals surface area (Å²) in [5.74, 6) is 0.502. The molecular weight excluding hydrogens is 379 g/mol. The van der Waals surface area contributed by atoms with Crippen molar-refractivity contribution in [3.05, 3.63) is 54.1 Å². The first-order valence-electron chi connectivity index (χ1n) is 8.42. The van der Waals surface area contributed by atoms with Crippen LogP contribution in [0.5, 0.6) is 5.75 Å². The van der Waals surface area contributed by atoms with Gasteiger partial charge >= 0.3 is 6.18 Å². The van der Waals surface area contributed by atoms with E-state index in [2.05, 4.69) is 4.72 Å². The summed E-state index contributed by atoms with van der Waals surface area (Å²) in [7, 11) is -3.37. The third-order valence-electron chi connectivity index (χ3n) is 3.91. The predicted octanol–water partition coefficient (Wildman–Crippen LogP) is 4.47. The van der Waals surface area contributed by atoms with Crippen molar-refractivity contribution in [2.24, 2.45) is 0 Å². The Morgan fingerprint density at radius 2 is 1.63 bits per heavy atom. The number of sulfonamides is 1. The minimum Gasteiger partial charge on any atom is -0.489 e. The lowest BCUT2D eigenvalue weighted by Crippen LogP contribution is -2.37. The average Bonchev–Trinajstić information content (AvgIpc) is 2.60. The van der Waals surface area contributed by atoms with Gasteiger partial charge in [0.1, 0.15) is 11.9 Å². The molecule has 0 bridgehead atoms. The third kappa shape index (κ3) is 5.97. The molecule has 1 unspecified atom stereocenters. The molecule has 0 aliphatic carbocycles. The number of alkyl halides is 3. The molecule has 0 radical (unpaired) electrons. The van der Waals surface area contributed by atoms with Gasteiger partial charge in [0, 0.05) is 6.54 Å². The largest absolute Gasteiger partial charge is 0.489 e. The summed E-state index contributed by atoms with van der Waals surface area (Å²) in [6.45, 7) is 5.01. The molecule has 2 rings (SSSR count). The van der Waals surface area contributed by atoms with E-state index in [1.54, 1.807) is 51.1 Å². The zero-order valence-electron chi connectivity index (χ0n) is 15.2. The lowest BCUT2D eigenvalue weighted by molar-refractivity contribution is -0.137. The number of rotatable bonds is 7. The maximum absolute atomic E-state index is 12.8. The highest BCUT2D eigenvalue weighted by molar-refractivity contribution is 7.90. The van der Waals surface area contributed by atoms with E-state index in [1.807, 2.05) is 0 Å². The Morgan fingerprint density at radius 1 is 1.00 bits per heavy atom. The Hall–Kier alpha value is -2.06. The van der Waals surface area contributed by atoms with Crippen LogP contribution in [0.4, 0.5) is 13.2 Å². The van der Waals surface area contributed by atoms with E-state index in [0.717, 1.165) is 12.1 Å². The second-order valence-corrected chi connectivity index (χ2v) is 8.80. The van der Waals surface area contributed by atoms with Gasteiger partial charge in [-0.05, 0) is 56.2 Å². The average molecular weight is 401 g/mol. The number of nitrogens with one attached hydrogen (secondary N) is 1. The van der Waals surface area contributed by atoms with Crippen molar-refractivity contribution >= 4 is 10.0 Å². The van der Waals surface area contributed by atoms with Crippen LogP contribution in [0.3, 0.4) is 0 Å². The molecule has 0 aliphatic rings. The Labute approximate surface area is 157 Å². The van der Waals surface area contributed by atoms with E-state index < -0.39 is 33.1 Å². The van der Waals surface area contributed by atoms with Gasteiger partial charge in [0.2, 0.25) is 10.0 Å². The van der Waals surface area contributed by atoms with E-state index in [-0.39, 0.29) is 6.54 Å². The summed E-state index contributed by atoms with van der Waals surface area (Å²) in [4.78, 5) is 0. The Morgan fingerprint density at radius 3 is 2.19 bits per heavy atom. The summed E-state index contributed by atoms with van der Waals surface area (Å²) < 4.78 is 70.1. The fourth-order valence-corrected chi connectivity index (χ4v) is 3.08. The van der Waals surface area contributed by atoms with Gasteiger partial charge in [-0.15, -0.1) is 0 Å². The maximum atomic E-state index is 12.8. The highest BCUT2D eigenvalue weighted by Gasteiger charge is 2.30. The van der Waals surface area contributed by atoms with Crippen LogP contribution in [0.2, 0.25) is 0 Å². The van der Waals surface area contributed by atoms with Gasteiger partial charge < -0.3 is 4.74 Å². The summed E-state index contributed by atoms with van der Waals surface area (Å²) in [6, 6.07) is 11.7. The summed E-state index contributed by atoms with van der Waals surface area (Å²) in [5, 5.41) is -0.531. The quantitative estimate of drug-likeness (QED) is 0.745. The van der Waals surface area contributed by atoms with E-state index in [0.29, 0.717) is 16.9 Å². The molecule has 0 saturated carbocycles. The molecular formula is C19H22F3NO3S. The van der Waals surface area contributed by atoms with Gasteiger partial charge in [0.25, 0.3) is 0 Å². The van der Waals surface area contributed by atoms with Crippen molar-refractivity contribution in [1.29, 1.82) is 0 Å². The number of hydrogen-bond acceptors (Lipinski definition) is 3. The molecule has 0 amide bonds. The predicted molar refractivity (Wildman–Crippen MR) is 99.0 cm³/mol. The fourth-order valence-electron chi connectivity index (χ4n) is 2.28. The highest BCUT2D eigenvalue weighted by atomic mass is 32.2. The summed E-state index contributed by atoms with van der Waals surface area (Å²) >= 11 is 0. The van der Waals surface area contributed by atoms with Gasteiger partial charge in [-0.2, -0.15) is 13.2 Å². The lowest BCUT2D eigenvalue weighted by atomic mass is 10.0. The van der Waals surface area contributed by atoms with Crippen molar-refractivity contribution < 1.29 is 26.3 Å². The molecule has 8 heteroatoms. The Bertz CT molecular complexity index is 863. The third-order valence-corrected chi connectivity index (χ3v) is 5.72. The van der Waals surface area contributed by atoms with E-state index >= 15 is 0 Å². The molecule has 2 aromatic carbocycles. The van der Waals surface area contributed by atoms with Crippen LogP contribution in [-0.2, 0) is 16.2 Å². The van der Waals surface area contributed by atoms with Crippen LogP contribution in [0.15, 0.2) is 48.5 Å². The van der Waals surface area contributed by atoms with Crippen LogP contribution in [0.1, 0.15) is 26.3 Å². The van der Waals surface area contributed by atoms with Crippen molar-refractivity contribution in [2.45, 2.75) is 38.3 Å². The molecule has 4 nitrogen and oxygen atoms in total. The summed E-state index contributed by atoms with van der Waals surface area (Å²) in [5.41, 5.74) is 0.377. The molecule has 27 heavy (non-hydrogen) atoms. The van der Waals surface area contributed by atoms with Gasteiger partial charge in [0.05, 0.1) is 10.8 Å². The first-order chi connectivity index (χ1) is 12.5. The SMILES string of the molecule is CC(CNS(=O)(=O)C(C)C)Oc1ccc(-c2cccc(C(F)(F)F)c2)cc1. The molecule has 1 N–H and O–H groups in total. The Kier molecular flexibility index (Phi) is 6.54. The molecule has 0 aromatic heterocycles. The fraction of sp³-hybridized carbons (Fsp3) is 0.368. The van der Waals surface area contributed by atoms with Crippen LogP contribution >= 0.6 is 0 Å². The van der Waals surface area contributed by atoms with Crippen molar-refractivity contribution in [2.75, 3.05) is 6.54 Å². The first-order valence-corrected chi connectivity index (χ1v) is 9.96. The smallest absolute Gasteiger partial charge is 0.416 e. The van der Waals surface area contributed by atoms with Gasteiger partial charge in [-0.25, -0.2) is 13.1 Å². The van der Waals surface area contributed by atoms with E-state index in [1.165, 1.54) is 6.07 Å². The minimum absolute atomic E-state index is 0.121. The molecule has 0 aliphatic heterocycles. The van der Waals surface area contributed by atoms with Crippen LogP contribution in [0, 0.1) is 0 Å². The molecule has 0 saturated heterocycles. The van der Waals surface area contributed by atoms with Crippen LogP contribution < -0.4 is 9.46 Å². The molecule has 0 spiro atoms. The van der Waals surface area contributed by atoms with E-state index in [4.69, 9.17) is 4.74 Å². The maximum Gasteiger partial charge on any atom is 0.416 e. The normalized spacial score (nSPS) is 13.6. The topological polar surface area (TPSA) is 55.4 Å². The van der Waals surface area contributed by atoms with Gasteiger partial charge in [0.15, 0.2) is 0 Å². The first kappa shape index (κ1) is 21.2. The standard InChI is InChI=1S/C19H22F3NO3S/c1-13(2)27(24,25)23-12-14(3)26-18-9-7-15(8-10-18)16-5-4-6-17(11-16)19(20,21)22/h4-11,13-14,23H,12H2,1-3H3. The molecule has 1 atom stereocenters. The second-order valence-electron chi connectivity index (χ2n) is 6.47. The zero-order chi connectivity index (χ0) is 20.2. The number of hydrogen-bond donors (Lipinski definition) is 1. The van der Waals surface area contributed by atoms with E-state index in [9.17, 15) is 21.6 Å². The highest BCUT2D eigenvalue weighted by Crippen LogP contribution is 2.32.